The molecule has 0 fully saturated rings. The fourth-order valence-electron chi connectivity index (χ4n) is 2.35. The van der Waals surface area contributed by atoms with Crippen molar-refractivity contribution in [3.63, 3.8) is 0 Å². The van der Waals surface area contributed by atoms with E-state index in [0.29, 0.717) is 0 Å². The van der Waals surface area contributed by atoms with Crippen LogP contribution in [0.5, 0.6) is 0 Å². The van der Waals surface area contributed by atoms with Crippen molar-refractivity contribution in [2.45, 2.75) is 5.92 Å². The van der Waals surface area contributed by atoms with E-state index in [2.05, 4.69) is 79.2 Å². The highest BCUT2D eigenvalue weighted by Gasteiger charge is 2.15. The smallest absolute Gasteiger partial charge is 0.0292 e. The highest BCUT2D eigenvalue weighted by Crippen LogP contribution is 2.29. The molecule has 0 saturated heterocycles. The van der Waals surface area contributed by atoms with Gasteiger partial charge in [0.15, 0.2) is 0 Å². The van der Waals surface area contributed by atoms with Gasteiger partial charge in [0.2, 0.25) is 0 Å². The molecule has 0 atom stereocenters. The zero-order valence-electron chi connectivity index (χ0n) is 11.2. The van der Waals surface area contributed by atoms with E-state index in [4.69, 9.17) is 0 Å². The summed E-state index contributed by atoms with van der Waals surface area (Å²) in [5, 5.41) is 0. The molecule has 0 nitrogen and oxygen atoms in total. The first-order valence-electron chi connectivity index (χ1n) is 6.85. The molecule has 0 bridgehead atoms. The molecule has 3 aromatic rings. The van der Waals surface area contributed by atoms with Gasteiger partial charge in [-0.05, 0) is 16.7 Å². The lowest BCUT2D eigenvalue weighted by atomic mass is 9.86. The molecule has 3 aromatic carbocycles. The fourth-order valence-corrected chi connectivity index (χ4v) is 2.35. The van der Waals surface area contributed by atoms with Crippen LogP contribution in [0.15, 0.2) is 91.0 Å². The Morgan fingerprint density at radius 1 is 0.500 bits per heavy atom. The predicted octanol–water partition coefficient (Wildman–Crippen LogP) is 4.95. The van der Waals surface area contributed by atoms with Crippen molar-refractivity contribution in [2.75, 3.05) is 0 Å². The van der Waals surface area contributed by atoms with Crippen LogP contribution >= 0.6 is 0 Å². The van der Waals surface area contributed by atoms with Crippen molar-refractivity contribution in [1.29, 1.82) is 0 Å². The van der Waals surface area contributed by atoms with Crippen molar-refractivity contribution in [3.8, 4) is 0 Å². The van der Waals surface area contributed by atoms with E-state index in [1.165, 1.54) is 11.1 Å². The number of hydrogen-bond donors (Lipinski definition) is 0. The van der Waals surface area contributed by atoms with E-state index in [0.717, 1.165) is 5.56 Å². The van der Waals surface area contributed by atoms with Crippen LogP contribution in [-0.4, -0.2) is 0 Å². The summed E-state index contributed by atoms with van der Waals surface area (Å²) in [6.45, 7) is 0. The second-order valence-electron chi connectivity index (χ2n) is 4.76. The topological polar surface area (TPSA) is 0 Å². The molecule has 0 unspecified atom stereocenters. The van der Waals surface area contributed by atoms with Gasteiger partial charge in [0.05, 0.1) is 0 Å². The van der Waals surface area contributed by atoms with Crippen LogP contribution in [0.2, 0.25) is 0 Å². The lowest BCUT2D eigenvalue weighted by Crippen LogP contribution is -2.02. The summed E-state index contributed by atoms with van der Waals surface area (Å²) in [6, 6.07) is 31.4. The van der Waals surface area contributed by atoms with Gasteiger partial charge in [0, 0.05) is 12.3 Å². The molecule has 0 aromatic heterocycles. The normalized spacial score (nSPS) is 10.7. The summed E-state index contributed by atoms with van der Waals surface area (Å²) < 4.78 is 0. The van der Waals surface area contributed by atoms with Crippen molar-refractivity contribution < 1.29 is 0 Å². The lowest BCUT2D eigenvalue weighted by molar-refractivity contribution is 0.959. The first-order chi connectivity index (χ1) is 9.93. The average molecular weight is 256 g/mol. The third-order valence-electron chi connectivity index (χ3n) is 3.35. The first-order valence-corrected chi connectivity index (χ1v) is 6.85. The Balaban J connectivity index is 1.96. The minimum absolute atomic E-state index is 0.166. The first kappa shape index (κ1) is 12.7. The van der Waals surface area contributed by atoms with Crippen molar-refractivity contribution in [3.05, 3.63) is 114 Å². The minimum Gasteiger partial charge on any atom is -0.0622 e. The van der Waals surface area contributed by atoms with Crippen LogP contribution in [0.3, 0.4) is 0 Å². The minimum atomic E-state index is 0.166. The summed E-state index contributed by atoms with van der Waals surface area (Å²) in [6.07, 6.45) is 3.61. The molecule has 3 rings (SSSR count). The van der Waals surface area contributed by atoms with Gasteiger partial charge in [0.25, 0.3) is 0 Å². The largest absolute Gasteiger partial charge is 0.0622 e. The van der Waals surface area contributed by atoms with Gasteiger partial charge in [0.1, 0.15) is 0 Å². The second-order valence-corrected chi connectivity index (χ2v) is 4.76. The molecule has 2 radical (unpaired) electrons. The summed E-state index contributed by atoms with van der Waals surface area (Å²) in [7, 11) is 0. The van der Waals surface area contributed by atoms with Gasteiger partial charge in [-0.3, -0.25) is 0 Å². The fraction of sp³-hybridized carbons (Fsp3) is 0.0500. The molecular weight excluding hydrogens is 240 g/mol. The van der Waals surface area contributed by atoms with Crippen molar-refractivity contribution in [2.24, 2.45) is 0 Å². The Bertz CT molecular complexity index is 587. The molecule has 96 valence electrons. The number of hydrogen-bond acceptors (Lipinski definition) is 0. The zero-order valence-corrected chi connectivity index (χ0v) is 11.2. The Morgan fingerprint density at radius 2 is 0.900 bits per heavy atom. The van der Waals surface area contributed by atoms with Crippen LogP contribution in [0.25, 0.3) is 0 Å². The lowest BCUT2D eigenvalue weighted by Gasteiger charge is -2.17. The van der Waals surface area contributed by atoms with Crippen LogP contribution in [0, 0.1) is 6.42 Å². The molecule has 0 aliphatic heterocycles. The van der Waals surface area contributed by atoms with Gasteiger partial charge in [-0.15, -0.1) is 0 Å². The molecule has 0 heterocycles. The van der Waals surface area contributed by atoms with Crippen LogP contribution in [0.4, 0.5) is 0 Å². The van der Waals surface area contributed by atoms with Crippen LogP contribution in [-0.2, 0) is 0 Å². The van der Waals surface area contributed by atoms with Crippen LogP contribution in [0.1, 0.15) is 22.6 Å². The summed E-state index contributed by atoms with van der Waals surface area (Å²) in [4.78, 5) is 0. The molecule has 0 aliphatic carbocycles. The molecule has 0 N–H and O–H groups in total. The Kier molecular flexibility index (Phi) is 3.93. The third kappa shape index (κ3) is 2.97. The number of rotatable bonds is 4. The van der Waals surface area contributed by atoms with E-state index in [1.807, 2.05) is 18.2 Å². The SMILES string of the molecule is [C](c1ccccc1)C(c1ccccc1)c1ccccc1. The van der Waals surface area contributed by atoms with E-state index in [-0.39, 0.29) is 5.92 Å². The third-order valence-corrected chi connectivity index (χ3v) is 3.35. The molecule has 0 amide bonds. The zero-order chi connectivity index (χ0) is 13.6. The highest BCUT2D eigenvalue weighted by atomic mass is 14.2. The Morgan fingerprint density at radius 3 is 1.35 bits per heavy atom. The maximum atomic E-state index is 3.61. The average Bonchev–Trinajstić information content (AvgIpc) is 2.55. The molecule has 20 heavy (non-hydrogen) atoms. The number of benzene rings is 3. The highest BCUT2D eigenvalue weighted by molar-refractivity contribution is 5.40. The molecule has 0 saturated carbocycles. The van der Waals surface area contributed by atoms with Gasteiger partial charge in [-0.25, -0.2) is 0 Å². The maximum Gasteiger partial charge on any atom is 0.0292 e. The van der Waals surface area contributed by atoms with Crippen molar-refractivity contribution in [1.82, 2.24) is 0 Å². The molecular formula is C20H16. The standard InChI is InChI=1S/C20H16/c1-4-10-17(11-5-1)16-20(18-12-6-2-7-13-18)19-14-8-3-9-15-19/h1-15,20H. The van der Waals surface area contributed by atoms with Gasteiger partial charge < -0.3 is 0 Å². The van der Waals surface area contributed by atoms with Crippen molar-refractivity contribution >= 4 is 0 Å². The summed E-state index contributed by atoms with van der Waals surface area (Å²) in [5.41, 5.74) is 3.66. The van der Waals surface area contributed by atoms with Crippen LogP contribution < -0.4 is 0 Å². The van der Waals surface area contributed by atoms with E-state index >= 15 is 0 Å². The monoisotopic (exact) mass is 256 g/mol. The van der Waals surface area contributed by atoms with Gasteiger partial charge in [-0.2, -0.15) is 0 Å². The van der Waals surface area contributed by atoms with E-state index in [9.17, 15) is 0 Å². The quantitative estimate of drug-likeness (QED) is 0.619. The maximum absolute atomic E-state index is 3.61. The predicted molar refractivity (Wildman–Crippen MR) is 83.5 cm³/mol. The summed E-state index contributed by atoms with van der Waals surface area (Å²) >= 11 is 0. The van der Waals surface area contributed by atoms with E-state index < -0.39 is 0 Å². The Labute approximate surface area is 120 Å². The Hall–Kier alpha value is -2.34. The summed E-state index contributed by atoms with van der Waals surface area (Å²) in [5.74, 6) is 0.166. The molecule has 0 heteroatoms. The second kappa shape index (κ2) is 6.21. The molecule has 0 spiro atoms. The van der Waals surface area contributed by atoms with Gasteiger partial charge in [-0.1, -0.05) is 91.0 Å². The van der Waals surface area contributed by atoms with E-state index in [1.54, 1.807) is 0 Å². The van der Waals surface area contributed by atoms with Gasteiger partial charge >= 0.3 is 0 Å². The molecule has 0 aliphatic rings.